The Hall–Kier alpha value is -0.630. The first-order valence-electron chi connectivity index (χ1n) is 4.55. The van der Waals surface area contributed by atoms with Crippen LogP contribution in [-0.4, -0.2) is 17.0 Å². The van der Waals surface area contributed by atoms with Crippen LogP contribution in [0.25, 0.3) is 0 Å². The summed E-state index contributed by atoms with van der Waals surface area (Å²) < 4.78 is 0. The highest BCUT2D eigenvalue weighted by atomic mass is 16.3. The molecule has 0 aromatic rings. The van der Waals surface area contributed by atoms with Gasteiger partial charge in [-0.1, -0.05) is 6.08 Å². The third-order valence-electron chi connectivity index (χ3n) is 2.46. The molecular formula is C10H16O2. The zero-order valence-corrected chi connectivity index (χ0v) is 7.33. The normalized spacial score (nSPS) is 30.2. The summed E-state index contributed by atoms with van der Waals surface area (Å²) in [7, 11) is 0. The molecule has 0 saturated heterocycles. The molecule has 0 amide bonds. The van der Waals surface area contributed by atoms with E-state index in [-0.39, 0.29) is 12.0 Å². The fourth-order valence-electron chi connectivity index (χ4n) is 1.69. The van der Waals surface area contributed by atoms with Crippen molar-refractivity contribution in [1.82, 2.24) is 0 Å². The van der Waals surface area contributed by atoms with Crippen LogP contribution in [0.2, 0.25) is 0 Å². The molecule has 0 bridgehead atoms. The molecule has 1 aliphatic carbocycles. The van der Waals surface area contributed by atoms with E-state index < -0.39 is 0 Å². The predicted octanol–water partition coefficient (Wildman–Crippen LogP) is 1.68. The average Bonchev–Trinajstić information content (AvgIpc) is 2.07. The number of ketones is 1. The maximum atomic E-state index is 11.3. The summed E-state index contributed by atoms with van der Waals surface area (Å²) in [6.45, 7) is 3.62. The molecule has 0 radical (unpaired) electrons. The van der Waals surface area contributed by atoms with Crippen LogP contribution in [0.3, 0.4) is 0 Å². The van der Waals surface area contributed by atoms with E-state index in [1.54, 1.807) is 0 Å². The molecule has 1 rings (SSSR count). The van der Waals surface area contributed by atoms with Crippen LogP contribution >= 0.6 is 0 Å². The van der Waals surface area contributed by atoms with Gasteiger partial charge in [0.1, 0.15) is 5.78 Å². The molecule has 1 fully saturated rings. The van der Waals surface area contributed by atoms with E-state index in [1.165, 1.54) is 0 Å². The lowest BCUT2D eigenvalue weighted by atomic mass is 9.83. The van der Waals surface area contributed by atoms with E-state index in [4.69, 9.17) is 0 Å². The molecule has 0 heterocycles. The van der Waals surface area contributed by atoms with Crippen molar-refractivity contribution in [2.24, 2.45) is 5.92 Å². The summed E-state index contributed by atoms with van der Waals surface area (Å²) in [5.74, 6) is 0.411. The molecule has 2 nitrogen and oxygen atoms in total. The van der Waals surface area contributed by atoms with Crippen molar-refractivity contribution in [2.45, 2.75) is 38.2 Å². The summed E-state index contributed by atoms with van der Waals surface area (Å²) in [4.78, 5) is 11.3. The van der Waals surface area contributed by atoms with Crippen molar-refractivity contribution < 1.29 is 9.90 Å². The van der Waals surface area contributed by atoms with Gasteiger partial charge >= 0.3 is 0 Å². The van der Waals surface area contributed by atoms with Gasteiger partial charge in [-0.15, -0.1) is 6.58 Å². The predicted molar refractivity (Wildman–Crippen MR) is 47.8 cm³/mol. The number of aliphatic hydroxyl groups excluding tert-OH is 1. The third-order valence-corrected chi connectivity index (χ3v) is 2.46. The maximum Gasteiger partial charge on any atom is 0.136 e. The summed E-state index contributed by atoms with van der Waals surface area (Å²) in [5.41, 5.74) is 0. The minimum absolute atomic E-state index is 0.0896. The first-order chi connectivity index (χ1) is 5.74. The Morgan fingerprint density at radius 3 is 3.08 bits per heavy atom. The Bertz CT molecular complexity index is 175. The largest absolute Gasteiger partial charge is 0.393 e. The van der Waals surface area contributed by atoms with Gasteiger partial charge in [0.15, 0.2) is 0 Å². The van der Waals surface area contributed by atoms with Crippen LogP contribution in [0.1, 0.15) is 32.1 Å². The number of hydrogen-bond donors (Lipinski definition) is 1. The van der Waals surface area contributed by atoms with Gasteiger partial charge in [0, 0.05) is 12.3 Å². The molecule has 68 valence electrons. The molecule has 12 heavy (non-hydrogen) atoms. The zero-order valence-electron chi connectivity index (χ0n) is 7.33. The van der Waals surface area contributed by atoms with Gasteiger partial charge in [-0.3, -0.25) is 4.79 Å². The number of hydrogen-bond acceptors (Lipinski definition) is 2. The van der Waals surface area contributed by atoms with Crippen molar-refractivity contribution in [2.75, 3.05) is 0 Å². The Morgan fingerprint density at radius 1 is 1.67 bits per heavy atom. The van der Waals surface area contributed by atoms with Crippen molar-refractivity contribution in [3.8, 4) is 0 Å². The Balaban J connectivity index is 2.38. The number of carbonyl (C=O) groups is 1. The number of aliphatic hydroxyl groups is 1. The number of Topliss-reactive ketones (excluding diaryl/α,β-unsaturated/α-hetero) is 1. The highest BCUT2D eigenvalue weighted by Crippen LogP contribution is 2.24. The number of allylic oxidation sites excluding steroid dienone is 1. The Kier molecular flexibility index (Phi) is 3.48. The lowest BCUT2D eigenvalue weighted by Crippen LogP contribution is -2.27. The van der Waals surface area contributed by atoms with Crippen LogP contribution in [0.15, 0.2) is 12.7 Å². The Morgan fingerprint density at radius 2 is 2.42 bits per heavy atom. The summed E-state index contributed by atoms with van der Waals surface area (Å²) in [5, 5.41) is 9.32. The standard InChI is InChI=1S/C10H16O2/c1-2-3-4-8-7-9(11)5-6-10(8)12/h2,8-9,11H,1,3-7H2/t8-,9?/m0/s1. The van der Waals surface area contributed by atoms with Gasteiger partial charge in [-0.25, -0.2) is 0 Å². The van der Waals surface area contributed by atoms with E-state index in [0.29, 0.717) is 25.0 Å². The first-order valence-corrected chi connectivity index (χ1v) is 4.55. The molecule has 0 aromatic carbocycles. The van der Waals surface area contributed by atoms with Crippen LogP contribution in [0.4, 0.5) is 0 Å². The highest BCUT2D eigenvalue weighted by Gasteiger charge is 2.26. The van der Waals surface area contributed by atoms with Crippen LogP contribution < -0.4 is 0 Å². The van der Waals surface area contributed by atoms with E-state index in [1.807, 2.05) is 6.08 Å². The topological polar surface area (TPSA) is 37.3 Å². The van der Waals surface area contributed by atoms with Gasteiger partial charge in [0.2, 0.25) is 0 Å². The van der Waals surface area contributed by atoms with Gasteiger partial charge in [-0.05, 0) is 25.7 Å². The maximum absolute atomic E-state index is 11.3. The second-order valence-electron chi connectivity index (χ2n) is 3.46. The molecular weight excluding hydrogens is 152 g/mol. The van der Waals surface area contributed by atoms with E-state index in [2.05, 4.69) is 6.58 Å². The van der Waals surface area contributed by atoms with Crippen LogP contribution in [-0.2, 0) is 4.79 Å². The average molecular weight is 168 g/mol. The van der Waals surface area contributed by atoms with Crippen molar-refractivity contribution in [1.29, 1.82) is 0 Å². The minimum atomic E-state index is -0.252. The van der Waals surface area contributed by atoms with Crippen molar-refractivity contribution in [3.05, 3.63) is 12.7 Å². The SMILES string of the molecule is C=CCC[C@H]1CC(O)CCC1=O. The molecule has 0 aliphatic heterocycles. The fraction of sp³-hybridized carbons (Fsp3) is 0.700. The minimum Gasteiger partial charge on any atom is -0.393 e. The molecule has 1 unspecified atom stereocenters. The molecule has 1 N–H and O–H groups in total. The van der Waals surface area contributed by atoms with Gasteiger partial charge in [0.05, 0.1) is 6.10 Å². The molecule has 0 spiro atoms. The summed E-state index contributed by atoms with van der Waals surface area (Å²) in [6, 6.07) is 0. The summed E-state index contributed by atoms with van der Waals surface area (Å²) in [6.07, 6.45) is 5.19. The fourth-order valence-corrected chi connectivity index (χ4v) is 1.69. The van der Waals surface area contributed by atoms with Crippen molar-refractivity contribution in [3.63, 3.8) is 0 Å². The molecule has 0 aromatic heterocycles. The van der Waals surface area contributed by atoms with Gasteiger partial charge in [-0.2, -0.15) is 0 Å². The van der Waals surface area contributed by atoms with Gasteiger partial charge in [0.25, 0.3) is 0 Å². The quantitative estimate of drug-likeness (QED) is 0.651. The third kappa shape index (κ3) is 2.45. The molecule has 2 heteroatoms. The lowest BCUT2D eigenvalue weighted by molar-refractivity contribution is -0.127. The van der Waals surface area contributed by atoms with Crippen molar-refractivity contribution >= 4 is 5.78 Å². The van der Waals surface area contributed by atoms with Gasteiger partial charge < -0.3 is 5.11 Å². The second kappa shape index (κ2) is 4.41. The smallest absolute Gasteiger partial charge is 0.136 e. The van der Waals surface area contributed by atoms with E-state index >= 15 is 0 Å². The summed E-state index contributed by atoms with van der Waals surface area (Å²) >= 11 is 0. The Labute approximate surface area is 73.3 Å². The molecule has 1 saturated carbocycles. The monoisotopic (exact) mass is 168 g/mol. The van der Waals surface area contributed by atoms with Crippen LogP contribution in [0, 0.1) is 5.92 Å². The van der Waals surface area contributed by atoms with E-state index in [0.717, 1.165) is 12.8 Å². The zero-order chi connectivity index (χ0) is 8.97. The molecule has 2 atom stereocenters. The van der Waals surface area contributed by atoms with E-state index in [9.17, 15) is 9.90 Å². The van der Waals surface area contributed by atoms with Crippen LogP contribution in [0.5, 0.6) is 0 Å². The highest BCUT2D eigenvalue weighted by molar-refractivity contribution is 5.81. The second-order valence-corrected chi connectivity index (χ2v) is 3.46. The first kappa shape index (κ1) is 9.46. The molecule has 1 aliphatic rings. The lowest BCUT2D eigenvalue weighted by Gasteiger charge is -2.24. The number of carbonyl (C=O) groups excluding carboxylic acids is 1. The number of rotatable bonds is 3.